The minimum atomic E-state index is -3.85. The van der Waals surface area contributed by atoms with Crippen LogP contribution >= 0.6 is 0 Å². The van der Waals surface area contributed by atoms with Gasteiger partial charge in [0, 0.05) is 18.6 Å². The Bertz CT molecular complexity index is 1610. The monoisotopic (exact) mass is 481 g/mol. The summed E-state index contributed by atoms with van der Waals surface area (Å²) in [5.74, 6) is -1.81. The second-order valence-corrected chi connectivity index (χ2v) is 9.02. The van der Waals surface area contributed by atoms with E-state index in [9.17, 15) is 27.9 Å². The second kappa shape index (κ2) is 8.96. The lowest BCUT2D eigenvalue weighted by Gasteiger charge is -2.13. The summed E-state index contributed by atoms with van der Waals surface area (Å²) in [5.41, 5.74) is -0.807. The third-order valence-electron chi connectivity index (χ3n) is 5.12. The average molecular weight is 481 g/mol. The molecule has 2 heterocycles. The number of carbonyl (C=O) groups is 1. The molecule has 0 saturated heterocycles. The van der Waals surface area contributed by atoms with Crippen LogP contribution in [0.2, 0.25) is 0 Å². The Kier molecular flexibility index (Phi) is 6.05. The van der Waals surface area contributed by atoms with Gasteiger partial charge >= 0.3 is 5.97 Å². The SMILES string of the molecule is NS(=O)(=O)c1ccc(Cn2ccn3cc(C(=O)O)c(=O)c(OCc4ccccc4)c3c2=O)cc1. The van der Waals surface area contributed by atoms with E-state index in [1.54, 1.807) is 24.3 Å². The van der Waals surface area contributed by atoms with E-state index in [2.05, 4.69) is 0 Å². The molecule has 174 valence electrons. The first-order valence-electron chi connectivity index (χ1n) is 9.95. The van der Waals surface area contributed by atoms with Gasteiger partial charge in [0.05, 0.1) is 11.4 Å². The Hall–Kier alpha value is -4.22. The highest BCUT2D eigenvalue weighted by Crippen LogP contribution is 2.16. The highest BCUT2D eigenvalue weighted by atomic mass is 32.2. The number of sulfonamides is 1. The molecule has 4 aromatic rings. The number of fused-ring (bicyclic) bond motifs is 1. The number of pyridine rings is 1. The normalized spacial score (nSPS) is 11.4. The van der Waals surface area contributed by atoms with Crippen LogP contribution in [0.25, 0.3) is 5.52 Å². The zero-order valence-electron chi connectivity index (χ0n) is 17.6. The minimum Gasteiger partial charge on any atom is -0.483 e. The van der Waals surface area contributed by atoms with Gasteiger partial charge in [0.1, 0.15) is 12.2 Å². The fourth-order valence-electron chi connectivity index (χ4n) is 3.41. The van der Waals surface area contributed by atoms with Crippen molar-refractivity contribution in [2.24, 2.45) is 5.14 Å². The molecule has 0 spiro atoms. The Morgan fingerprint density at radius 1 is 0.971 bits per heavy atom. The molecule has 0 aliphatic carbocycles. The molecule has 3 N–H and O–H groups in total. The number of aromatic nitrogens is 2. The van der Waals surface area contributed by atoms with Crippen LogP contribution in [0.5, 0.6) is 5.75 Å². The van der Waals surface area contributed by atoms with Gasteiger partial charge in [0.15, 0.2) is 11.3 Å². The second-order valence-electron chi connectivity index (χ2n) is 7.46. The maximum Gasteiger partial charge on any atom is 0.341 e. The van der Waals surface area contributed by atoms with Crippen molar-refractivity contribution < 1.29 is 23.1 Å². The number of hydrogen-bond donors (Lipinski definition) is 2. The summed E-state index contributed by atoms with van der Waals surface area (Å²) in [7, 11) is -3.85. The molecule has 0 bridgehead atoms. The lowest BCUT2D eigenvalue weighted by atomic mass is 10.2. The topological polar surface area (TPSA) is 150 Å². The van der Waals surface area contributed by atoms with Gasteiger partial charge in [-0.1, -0.05) is 42.5 Å². The number of benzene rings is 2. The number of carboxylic acid groups (broad SMARTS) is 1. The van der Waals surface area contributed by atoms with E-state index in [4.69, 9.17) is 9.88 Å². The first kappa shape index (κ1) is 23.0. The van der Waals surface area contributed by atoms with E-state index in [1.165, 1.54) is 45.6 Å². The van der Waals surface area contributed by atoms with Crippen LogP contribution in [0, 0.1) is 0 Å². The van der Waals surface area contributed by atoms with Crippen molar-refractivity contribution in [2.45, 2.75) is 18.0 Å². The van der Waals surface area contributed by atoms with Crippen LogP contribution in [0.3, 0.4) is 0 Å². The Balaban J connectivity index is 1.79. The molecule has 0 fully saturated rings. The van der Waals surface area contributed by atoms with Crippen molar-refractivity contribution in [3.05, 3.63) is 110 Å². The third kappa shape index (κ3) is 4.60. The predicted molar refractivity (Wildman–Crippen MR) is 123 cm³/mol. The minimum absolute atomic E-state index is 0.0435. The van der Waals surface area contributed by atoms with E-state index >= 15 is 0 Å². The fraction of sp³-hybridized carbons (Fsp3) is 0.0870. The Labute approximate surface area is 193 Å². The van der Waals surface area contributed by atoms with Crippen molar-refractivity contribution in [3.8, 4) is 5.75 Å². The van der Waals surface area contributed by atoms with Crippen molar-refractivity contribution in [1.82, 2.24) is 8.97 Å². The van der Waals surface area contributed by atoms with Crippen LogP contribution in [-0.4, -0.2) is 28.5 Å². The molecule has 0 aliphatic rings. The maximum absolute atomic E-state index is 13.3. The van der Waals surface area contributed by atoms with Gasteiger partial charge < -0.3 is 18.8 Å². The number of aromatic carboxylic acids is 1. The van der Waals surface area contributed by atoms with E-state index < -0.39 is 32.5 Å². The van der Waals surface area contributed by atoms with Crippen LogP contribution < -0.4 is 20.9 Å². The molecule has 0 radical (unpaired) electrons. The highest BCUT2D eigenvalue weighted by molar-refractivity contribution is 7.89. The van der Waals surface area contributed by atoms with Crippen LogP contribution in [0.1, 0.15) is 21.5 Å². The number of carboxylic acids is 1. The average Bonchev–Trinajstić information content (AvgIpc) is 2.80. The van der Waals surface area contributed by atoms with Gasteiger partial charge in [-0.15, -0.1) is 0 Å². The highest BCUT2D eigenvalue weighted by Gasteiger charge is 2.20. The van der Waals surface area contributed by atoms with Crippen LogP contribution in [0.4, 0.5) is 0 Å². The van der Waals surface area contributed by atoms with E-state index in [0.29, 0.717) is 5.56 Å². The molecule has 0 atom stereocenters. The predicted octanol–water partition coefficient (Wildman–Crippen LogP) is 1.43. The Morgan fingerprint density at radius 2 is 1.65 bits per heavy atom. The van der Waals surface area contributed by atoms with Crippen LogP contribution in [0.15, 0.2) is 87.7 Å². The molecular weight excluding hydrogens is 462 g/mol. The van der Waals surface area contributed by atoms with Gasteiger partial charge in [-0.05, 0) is 23.3 Å². The molecule has 2 aromatic heterocycles. The third-order valence-corrected chi connectivity index (χ3v) is 6.05. The molecule has 34 heavy (non-hydrogen) atoms. The number of nitrogens with zero attached hydrogens (tertiary/aromatic N) is 2. The summed E-state index contributed by atoms with van der Waals surface area (Å²) < 4.78 is 31.1. The Morgan fingerprint density at radius 3 is 2.26 bits per heavy atom. The standard InChI is InChI=1S/C23H19N3O7S/c24-34(31,32)17-8-6-15(7-9-17)12-26-11-10-25-13-18(23(29)30)20(27)21(19(25)22(26)28)33-14-16-4-2-1-3-5-16/h1-11,13H,12,14H2,(H,29,30)(H2,24,31,32). The van der Waals surface area contributed by atoms with E-state index in [0.717, 1.165) is 11.8 Å². The lowest BCUT2D eigenvalue weighted by Crippen LogP contribution is -2.27. The number of hydrogen-bond acceptors (Lipinski definition) is 6. The number of nitrogens with two attached hydrogens (primary N) is 1. The van der Waals surface area contributed by atoms with Crippen molar-refractivity contribution in [1.29, 1.82) is 0 Å². The van der Waals surface area contributed by atoms with Gasteiger partial charge in [0.25, 0.3) is 5.56 Å². The molecule has 0 unspecified atom stereocenters. The van der Waals surface area contributed by atoms with Gasteiger partial charge in [0.2, 0.25) is 15.5 Å². The summed E-state index contributed by atoms with van der Waals surface area (Å²) in [6.07, 6.45) is 3.94. The molecule has 0 saturated carbocycles. The number of ether oxygens (including phenoxy) is 1. The lowest BCUT2D eigenvalue weighted by molar-refractivity contribution is 0.0694. The first-order valence-corrected chi connectivity index (χ1v) is 11.5. The summed E-state index contributed by atoms with van der Waals surface area (Å²) in [6, 6.07) is 14.6. The van der Waals surface area contributed by atoms with Gasteiger partial charge in [-0.25, -0.2) is 18.4 Å². The molecule has 11 heteroatoms. The molecule has 0 aliphatic heterocycles. The number of primary sulfonamides is 1. The zero-order valence-corrected chi connectivity index (χ0v) is 18.4. The number of rotatable bonds is 7. The zero-order chi connectivity index (χ0) is 24.5. The van der Waals surface area contributed by atoms with Crippen molar-refractivity contribution >= 4 is 21.5 Å². The summed E-state index contributed by atoms with van der Waals surface area (Å²) in [5, 5.41) is 14.5. The molecule has 0 amide bonds. The largest absolute Gasteiger partial charge is 0.483 e. The fourth-order valence-corrected chi connectivity index (χ4v) is 3.93. The van der Waals surface area contributed by atoms with Gasteiger partial charge in [-0.3, -0.25) is 9.59 Å². The van der Waals surface area contributed by atoms with Crippen molar-refractivity contribution in [2.75, 3.05) is 0 Å². The molecular formula is C23H19N3O7S. The van der Waals surface area contributed by atoms with Crippen LogP contribution in [-0.2, 0) is 23.2 Å². The van der Waals surface area contributed by atoms with Gasteiger partial charge in [-0.2, -0.15) is 0 Å². The molecule has 4 rings (SSSR count). The van der Waals surface area contributed by atoms with E-state index in [-0.39, 0.29) is 29.3 Å². The molecule has 10 nitrogen and oxygen atoms in total. The van der Waals surface area contributed by atoms with E-state index in [1.807, 2.05) is 6.07 Å². The summed E-state index contributed by atoms with van der Waals surface area (Å²) in [4.78, 5) is 37.7. The van der Waals surface area contributed by atoms with Crippen molar-refractivity contribution in [3.63, 3.8) is 0 Å². The summed E-state index contributed by atoms with van der Waals surface area (Å²) >= 11 is 0. The smallest absolute Gasteiger partial charge is 0.341 e. The first-order chi connectivity index (χ1) is 16.1. The molecule has 2 aromatic carbocycles. The maximum atomic E-state index is 13.3. The summed E-state index contributed by atoms with van der Waals surface area (Å²) in [6.45, 7) is 0.0192. The quantitative estimate of drug-likeness (QED) is 0.405.